The molecule has 2 fully saturated rings. The Morgan fingerprint density at radius 3 is 2.65 bits per heavy atom. The van der Waals surface area contributed by atoms with Crippen LogP contribution in [0.2, 0.25) is 0 Å². The summed E-state index contributed by atoms with van der Waals surface area (Å²) in [6.07, 6.45) is 2.72. The number of guanidine groups is 1. The molecule has 1 saturated heterocycles. The van der Waals surface area contributed by atoms with Crippen LogP contribution < -0.4 is 16.0 Å². The predicted octanol–water partition coefficient (Wildman–Crippen LogP) is 1.13. The van der Waals surface area contributed by atoms with E-state index < -0.39 is 0 Å². The number of fused-ring (bicyclic) bond motifs is 1. The van der Waals surface area contributed by atoms with Gasteiger partial charge in [0, 0.05) is 50.0 Å². The summed E-state index contributed by atoms with van der Waals surface area (Å²) >= 11 is 0. The number of ether oxygens (including phenoxy) is 1. The van der Waals surface area contributed by atoms with Crippen molar-refractivity contribution < 1.29 is 9.53 Å². The molecule has 0 spiro atoms. The molecule has 6 heteroatoms. The van der Waals surface area contributed by atoms with Gasteiger partial charge in [0.1, 0.15) is 0 Å². The van der Waals surface area contributed by atoms with Gasteiger partial charge in [-0.15, -0.1) is 0 Å². The molecular formula is C17H32N4O2. The van der Waals surface area contributed by atoms with Gasteiger partial charge in [0.25, 0.3) is 0 Å². The quantitative estimate of drug-likeness (QED) is 0.403. The van der Waals surface area contributed by atoms with E-state index in [0.29, 0.717) is 31.2 Å². The molecular weight excluding hydrogens is 292 g/mol. The van der Waals surface area contributed by atoms with Gasteiger partial charge in [-0.05, 0) is 12.8 Å². The summed E-state index contributed by atoms with van der Waals surface area (Å²) in [7, 11) is 1.78. The third-order valence-electron chi connectivity index (χ3n) is 5.09. The molecule has 3 N–H and O–H groups in total. The number of carbonyl (C=O) groups is 1. The minimum atomic E-state index is 0.0199. The Hall–Kier alpha value is -1.30. The highest BCUT2D eigenvalue weighted by Crippen LogP contribution is 2.51. The number of amides is 1. The molecule has 1 aliphatic heterocycles. The van der Waals surface area contributed by atoms with Crippen LogP contribution in [-0.4, -0.2) is 50.8 Å². The van der Waals surface area contributed by atoms with Gasteiger partial charge < -0.3 is 20.7 Å². The maximum atomic E-state index is 11.5. The lowest BCUT2D eigenvalue weighted by atomic mass is 9.55. The van der Waals surface area contributed by atoms with Gasteiger partial charge in [0.05, 0.1) is 6.10 Å². The molecule has 0 aromatic heterocycles. The fourth-order valence-electron chi connectivity index (χ4n) is 3.73. The first-order valence-corrected chi connectivity index (χ1v) is 8.74. The average Bonchev–Trinajstić information content (AvgIpc) is 2.53. The normalized spacial score (nSPS) is 29.5. The molecule has 1 aliphatic carbocycles. The first-order chi connectivity index (χ1) is 10.9. The van der Waals surface area contributed by atoms with E-state index in [-0.39, 0.29) is 17.2 Å². The standard InChI is InChI=1S/C17H32N4O2/c1-11(2)15(22)19-8-9-20-16(18-5)21-13-12-7-6-10-23-14(12)17(13,3)4/h11-14H,6-10H2,1-5H3,(H,19,22)(H2,18,20,21). The highest BCUT2D eigenvalue weighted by atomic mass is 16.5. The van der Waals surface area contributed by atoms with E-state index in [1.54, 1.807) is 7.05 Å². The smallest absolute Gasteiger partial charge is 0.222 e. The van der Waals surface area contributed by atoms with Crippen LogP contribution in [-0.2, 0) is 9.53 Å². The third kappa shape index (κ3) is 3.97. The van der Waals surface area contributed by atoms with Crippen molar-refractivity contribution >= 4 is 11.9 Å². The Labute approximate surface area is 139 Å². The Morgan fingerprint density at radius 1 is 1.30 bits per heavy atom. The van der Waals surface area contributed by atoms with Gasteiger partial charge in [-0.25, -0.2) is 0 Å². The van der Waals surface area contributed by atoms with Gasteiger partial charge in [-0.1, -0.05) is 27.7 Å². The van der Waals surface area contributed by atoms with Crippen LogP contribution in [0.5, 0.6) is 0 Å². The molecule has 2 rings (SSSR count). The van der Waals surface area contributed by atoms with Crippen molar-refractivity contribution in [3.63, 3.8) is 0 Å². The Kier molecular flexibility index (Phi) is 5.89. The van der Waals surface area contributed by atoms with E-state index in [0.717, 1.165) is 19.0 Å². The number of nitrogens with one attached hydrogen (secondary N) is 3. The van der Waals surface area contributed by atoms with Crippen molar-refractivity contribution in [2.45, 2.75) is 52.7 Å². The van der Waals surface area contributed by atoms with E-state index in [9.17, 15) is 4.79 Å². The summed E-state index contributed by atoms with van der Waals surface area (Å²) < 4.78 is 5.94. The van der Waals surface area contributed by atoms with Crippen molar-refractivity contribution in [1.29, 1.82) is 0 Å². The van der Waals surface area contributed by atoms with Gasteiger partial charge in [-0.3, -0.25) is 9.79 Å². The molecule has 3 unspecified atom stereocenters. The SMILES string of the molecule is CN=C(NCCNC(=O)C(C)C)NC1C2CCCOC2C1(C)C. The molecule has 1 heterocycles. The number of rotatable bonds is 5. The lowest BCUT2D eigenvalue weighted by Crippen LogP contribution is -2.71. The van der Waals surface area contributed by atoms with E-state index in [4.69, 9.17) is 4.74 Å². The van der Waals surface area contributed by atoms with Crippen LogP contribution in [0.3, 0.4) is 0 Å². The second-order valence-electron chi connectivity index (χ2n) is 7.49. The summed E-state index contributed by atoms with van der Waals surface area (Å²) in [6, 6.07) is 0.379. The lowest BCUT2D eigenvalue weighted by molar-refractivity contribution is -0.188. The lowest BCUT2D eigenvalue weighted by Gasteiger charge is -2.60. The van der Waals surface area contributed by atoms with Crippen molar-refractivity contribution in [3.05, 3.63) is 0 Å². The minimum Gasteiger partial charge on any atom is -0.377 e. The highest BCUT2D eigenvalue weighted by molar-refractivity contribution is 5.80. The van der Waals surface area contributed by atoms with Crippen molar-refractivity contribution in [1.82, 2.24) is 16.0 Å². The fourth-order valence-corrected chi connectivity index (χ4v) is 3.73. The zero-order chi connectivity index (χ0) is 17.0. The third-order valence-corrected chi connectivity index (χ3v) is 5.09. The van der Waals surface area contributed by atoms with E-state index in [2.05, 4.69) is 34.8 Å². The van der Waals surface area contributed by atoms with Crippen LogP contribution in [0, 0.1) is 17.3 Å². The topological polar surface area (TPSA) is 74.8 Å². The van der Waals surface area contributed by atoms with Crippen LogP contribution >= 0.6 is 0 Å². The van der Waals surface area contributed by atoms with E-state index >= 15 is 0 Å². The van der Waals surface area contributed by atoms with Crippen LogP contribution in [0.15, 0.2) is 4.99 Å². The molecule has 132 valence electrons. The van der Waals surface area contributed by atoms with Crippen LogP contribution in [0.25, 0.3) is 0 Å². The van der Waals surface area contributed by atoms with Crippen LogP contribution in [0.1, 0.15) is 40.5 Å². The summed E-state index contributed by atoms with van der Waals surface area (Å²) in [5.74, 6) is 1.47. The molecule has 1 saturated carbocycles. The molecule has 0 aromatic carbocycles. The summed E-state index contributed by atoms with van der Waals surface area (Å²) in [5.41, 5.74) is 0.120. The molecule has 1 amide bonds. The molecule has 6 nitrogen and oxygen atoms in total. The molecule has 0 radical (unpaired) electrons. The first-order valence-electron chi connectivity index (χ1n) is 8.74. The number of hydrogen-bond acceptors (Lipinski definition) is 3. The monoisotopic (exact) mass is 324 g/mol. The molecule has 2 aliphatic rings. The van der Waals surface area contributed by atoms with Gasteiger partial charge in [0.2, 0.25) is 5.91 Å². The molecule has 0 bridgehead atoms. The fraction of sp³-hybridized carbons (Fsp3) is 0.882. The van der Waals surface area contributed by atoms with E-state index in [1.165, 1.54) is 6.42 Å². The second kappa shape index (κ2) is 7.51. The number of nitrogens with zero attached hydrogens (tertiary/aromatic N) is 1. The molecule has 0 aromatic rings. The minimum absolute atomic E-state index is 0.0199. The zero-order valence-electron chi connectivity index (χ0n) is 15.1. The molecule has 3 atom stereocenters. The Balaban J connectivity index is 1.78. The number of hydrogen-bond donors (Lipinski definition) is 3. The summed E-state index contributed by atoms with van der Waals surface area (Å²) in [6.45, 7) is 10.5. The predicted molar refractivity (Wildman–Crippen MR) is 92.4 cm³/mol. The zero-order valence-corrected chi connectivity index (χ0v) is 15.1. The van der Waals surface area contributed by atoms with E-state index in [1.807, 2.05) is 13.8 Å². The average molecular weight is 324 g/mol. The number of aliphatic imine (C=N–C) groups is 1. The van der Waals surface area contributed by atoms with Crippen LogP contribution in [0.4, 0.5) is 0 Å². The van der Waals surface area contributed by atoms with Gasteiger partial charge in [-0.2, -0.15) is 0 Å². The first kappa shape index (κ1) is 18.0. The van der Waals surface area contributed by atoms with Crippen molar-refractivity contribution in [2.75, 3.05) is 26.7 Å². The second-order valence-corrected chi connectivity index (χ2v) is 7.49. The Morgan fingerprint density at radius 2 is 2.00 bits per heavy atom. The summed E-state index contributed by atoms with van der Waals surface area (Å²) in [4.78, 5) is 15.8. The van der Waals surface area contributed by atoms with Gasteiger partial charge >= 0.3 is 0 Å². The highest BCUT2D eigenvalue weighted by Gasteiger charge is 2.58. The largest absolute Gasteiger partial charge is 0.377 e. The maximum Gasteiger partial charge on any atom is 0.222 e. The number of carbonyl (C=O) groups excluding carboxylic acids is 1. The Bertz CT molecular complexity index is 448. The molecule has 23 heavy (non-hydrogen) atoms. The summed E-state index contributed by atoms with van der Waals surface area (Å²) in [5, 5.41) is 9.73. The van der Waals surface area contributed by atoms with Gasteiger partial charge in [0.15, 0.2) is 5.96 Å². The maximum absolute atomic E-state index is 11.5. The van der Waals surface area contributed by atoms with Crippen molar-refractivity contribution in [2.24, 2.45) is 22.2 Å². The van der Waals surface area contributed by atoms with Crippen molar-refractivity contribution in [3.8, 4) is 0 Å².